The molecular formula is C23H26N2O3. The molecule has 1 saturated heterocycles. The molecule has 0 bridgehead atoms. The van der Waals surface area contributed by atoms with Crippen molar-refractivity contribution in [2.45, 2.75) is 39.7 Å². The average molecular weight is 378 g/mol. The molecule has 0 aliphatic carbocycles. The molecule has 1 aliphatic heterocycles. The highest BCUT2D eigenvalue weighted by molar-refractivity contribution is 6.07. The maximum Gasteiger partial charge on any atom is 0.255 e. The number of carbonyl (C=O) groups is 1. The lowest BCUT2D eigenvalue weighted by molar-refractivity contribution is 0.0681. The van der Waals surface area contributed by atoms with Gasteiger partial charge >= 0.3 is 0 Å². The lowest BCUT2D eigenvalue weighted by Crippen LogP contribution is -2.18. The van der Waals surface area contributed by atoms with E-state index >= 15 is 0 Å². The number of aromatic amines is 1. The maximum absolute atomic E-state index is 12.9. The number of fused-ring (bicyclic) bond motifs is 1. The summed E-state index contributed by atoms with van der Waals surface area (Å²) >= 11 is 0. The van der Waals surface area contributed by atoms with Crippen LogP contribution < -0.4 is 10.1 Å². The second kappa shape index (κ2) is 7.68. The minimum atomic E-state index is -0.147. The predicted octanol–water partition coefficient (Wildman–Crippen LogP) is 4.90. The van der Waals surface area contributed by atoms with Gasteiger partial charge in [-0.1, -0.05) is 6.07 Å². The summed E-state index contributed by atoms with van der Waals surface area (Å²) in [5.74, 6) is 0.532. The van der Waals surface area contributed by atoms with Gasteiger partial charge in [-0.3, -0.25) is 4.79 Å². The highest BCUT2D eigenvalue weighted by atomic mass is 16.5. The Balaban J connectivity index is 1.54. The number of aromatic nitrogens is 1. The van der Waals surface area contributed by atoms with Crippen molar-refractivity contribution < 1.29 is 14.3 Å². The number of amides is 1. The lowest BCUT2D eigenvalue weighted by atomic mass is 10.1. The molecule has 2 N–H and O–H groups in total. The zero-order valence-corrected chi connectivity index (χ0v) is 16.6. The average Bonchev–Trinajstić information content (AvgIpc) is 3.30. The Labute approximate surface area is 165 Å². The first-order valence-corrected chi connectivity index (χ1v) is 9.76. The van der Waals surface area contributed by atoms with Gasteiger partial charge in [0, 0.05) is 28.8 Å². The fraction of sp³-hybridized carbons (Fsp3) is 0.348. The third kappa shape index (κ3) is 3.76. The quantitative estimate of drug-likeness (QED) is 0.663. The third-order valence-electron chi connectivity index (χ3n) is 5.40. The van der Waals surface area contributed by atoms with Gasteiger partial charge in [0.2, 0.25) is 0 Å². The summed E-state index contributed by atoms with van der Waals surface area (Å²) in [6, 6.07) is 11.5. The number of rotatable bonds is 5. The largest absolute Gasteiger partial charge is 0.489 e. The van der Waals surface area contributed by atoms with Crippen molar-refractivity contribution in [2.75, 3.05) is 18.5 Å². The highest BCUT2D eigenvalue weighted by Gasteiger charge is 2.18. The van der Waals surface area contributed by atoms with Crippen LogP contribution in [0.3, 0.4) is 0 Å². The van der Waals surface area contributed by atoms with Crippen molar-refractivity contribution in [1.29, 1.82) is 0 Å². The fourth-order valence-corrected chi connectivity index (χ4v) is 3.61. The Morgan fingerprint density at radius 2 is 2.07 bits per heavy atom. The van der Waals surface area contributed by atoms with Crippen molar-refractivity contribution in [1.82, 2.24) is 4.98 Å². The van der Waals surface area contributed by atoms with Gasteiger partial charge in [-0.2, -0.15) is 0 Å². The topological polar surface area (TPSA) is 63.4 Å². The van der Waals surface area contributed by atoms with Crippen LogP contribution in [0.1, 0.15) is 40.0 Å². The third-order valence-corrected chi connectivity index (χ3v) is 5.40. The zero-order chi connectivity index (χ0) is 19.7. The van der Waals surface area contributed by atoms with E-state index in [4.69, 9.17) is 9.47 Å². The molecule has 1 fully saturated rings. The van der Waals surface area contributed by atoms with Crippen LogP contribution in [-0.4, -0.2) is 30.2 Å². The summed E-state index contributed by atoms with van der Waals surface area (Å²) in [5.41, 5.74) is 5.72. The Bertz CT molecular complexity index is 1020. The summed E-state index contributed by atoms with van der Waals surface area (Å²) in [5, 5.41) is 4.08. The summed E-state index contributed by atoms with van der Waals surface area (Å²) in [6.45, 7) is 7.41. The molecule has 28 heavy (non-hydrogen) atoms. The molecule has 0 saturated carbocycles. The van der Waals surface area contributed by atoms with Crippen LogP contribution >= 0.6 is 0 Å². The molecular weight excluding hydrogens is 352 g/mol. The number of H-pyrrole nitrogens is 1. The van der Waals surface area contributed by atoms with E-state index in [9.17, 15) is 4.79 Å². The first-order valence-electron chi connectivity index (χ1n) is 9.76. The Morgan fingerprint density at radius 3 is 2.86 bits per heavy atom. The Hall–Kier alpha value is -2.79. The first kappa shape index (κ1) is 18.6. The molecule has 2 heterocycles. The van der Waals surface area contributed by atoms with Gasteiger partial charge in [-0.15, -0.1) is 0 Å². The fourth-order valence-electron chi connectivity index (χ4n) is 3.61. The van der Waals surface area contributed by atoms with Crippen LogP contribution in [0.25, 0.3) is 10.9 Å². The minimum Gasteiger partial charge on any atom is -0.489 e. The van der Waals surface area contributed by atoms with E-state index in [0.29, 0.717) is 23.6 Å². The molecule has 1 aliphatic rings. The van der Waals surface area contributed by atoms with Crippen molar-refractivity contribution >= 4 is 22.5 Å². The monoisotopic (exact) mass is 378 g/mol. The van der Waals surface area contributed by atoms with E-state index in [1.54, 1.807) is 0 Å². The summed E-state index contributed by atoms with van der Waals surface area (Å²) in [7, 11) is 0. The zero-order valence-electron chi connectivity index (χ0n) is 16.6. The van der Waals surface area contributed by atoms with Crippen LogP contribution in [0.2, 0.25) is 0 Å². The van der Waals surface area contributed by atoms with E-state index < -0.39 is 0 Å². The van der Waals surface area contributed by atoms with Gasteiger partial charge < -0.3 is 19.8 Å². The number of hydrogen-bond donors (Lipinski definition) is 2. The second-order valence-electron chi connectivity index (χ2n) is 7.54. The number of aryl methyl sites for hydroxylation is 3. The second-order valence-corrected chi connectivity index (χ2v) is 7.54. The van der Waals surface area contributed by atoms with E-state index in [0.717, 1.165) is 41.6 Å². The molecule has 1 amide bonds. The molecule has 0 spiro atoms. The van der Waals surface area contributed by atoms with Crippen LogP contribution in [0.5, 0.6) is 5.75 Å². The summed E-state index contributed by atoms with van der Waals surface area (Å²) < 4.78 is 11.6. The Morgan fingerprint density at radius 1 is 1.21 bits per heavy atom. The van der Waals surface area contributed by atoms with Crippen LogP contribution in [0, 0.1) is 20.8 Å². The molecule has 3 aromatic rings. The molecule has 5 heteroatoms. The maximum atomic E-state index is 12.9. The molecule has 2 aromatic carbocycles. The highest BCUT2D eigenvalue weighted by Crippen LogP contribution is 2.28. The smallest absolute Gasteiger partial charge is 0.255 e. The van der Waals surface area contributed by atoms with Crippen molar-refractivity contribution in [3.05, 3.63) is 58.8 Å². The summed E-state index contributed by atoms with van der Waals surface area (Å²) in [4.78, 5) is 16.2. The number of nitrogens with one attached hydrogen (secondary N) is 2. The molecule has 1 unspecified atom stereocenters. The number of ether oxygens (including phenoxy) is 2. The molecule has 146 valence electrons. The molecule has 1 atom stereocenters. The van der Waals surface area contributed by atoms with Crippen LogP contribution in [0.4, 0.5) is 5.69 Å². The van der Waals surface area contributed by atoms with Crippen molar-refractivity contribution in [3.8, 4) is 5.75 Å². The SMILES string of the molecule is Cc1ccc(NC(=O)c2ccc3[nH]c(C)c(C)c3c2)c(OCC2CCCO2)c1. The molecule has 5 nitrogen and oxygen atoms in total. The number of hydrogen-bond acceptors (Lipinski definition) is 3. The van der Waals surface area contributed by atoms with Crippen molar-refractivity contribution in [2.24, 2.45) is 0 Å². The van der Waals surface area contributed by atoms with E-state index in [2.05, 4.69) is 17.2 Å². The van der Waals surface area contributed by atoms with Crippen molar-refractivity contribution in [3.63, 3.8) is 0 Å². The number of anilines is 1. The summed E-state index contributed by atoms with van der Waals surface area (Å²) in [6.07, 6.45) is 2.22. The van der Waals surface area contributed by atoms with Gasteiger partial charge in [0.25, 0.3) is 5.91 Å². The first-order chi connectivity index (χ1) is 13.5. The van der Waals surface area contributed by atoms with E-state index in [1.807, 2.05) is 50.2 Å². The van der Waals surface area contributed by atoms with Crippen LogP contribution in [0.15, 0.2) is 36.4 Å². The molecule has 1 aromatic heterocycles. The predicted molar refractivity (Wildman–Crippen MR) is 111 cm³/mol. The van der Waals surface area contributed by atoms with Gasteiger partial charge in [-0.05, 0) is 75.1 Å². The van der Waals surface area contributed by atoms with E-state index in [-0.39, 0.29) is 12.0 Å². The van der Waals surface area contributed by atoms with Gasteiger partial charge in [0.1, 0.15) is 12.4 Å². The molecule has 0 radical (unpaired) electrons. The standard InChI is InChI=1S/C23H26N2O3/c1-14-6-8-21(22(11-14)28-13-18-5-4-10-27-18)25-23(26)17-7-9-20-19(12-17)15(2)16(3)24-20/h6-9,11-12,18,24H,4-5,10,13H2,1-3H3,(H,25,26). The normalized spacial score (nSPS) is 16.5. The number of carbonyl (C=O) groups excluding carboxylic acids is 1. The number of benzene rings is 2. The van der Waals surface area contributed by atoms with Gasteiger partial charge in [0.15, 0.2) is 0 Å². The Kier molecular flexibility index (Phi) is 5.09. The minimum absolute atomic E-state index is 0.131. The molecule has 4 rings (SSSR count). The van der Waals surface area contributed by atoms with Gasteiger partial charge in [0.05, 0.1) is 11.8 Å². The van der Waals surface area contributed by atoms with Gasteiger partial charge in [-0.25, -0.2) is 0 Å². The van der Waals surface area contributed by atoms with Crippen LogP contribution in [-0.2, 0) is 4.74 Å². The van der Waals surface area contributed by atoms with E-state index in [1.165, 1.54) is 5.56 Å². The lowest BCUT2D eigenvalue weighted by Gasteiger charge is -2.16.